The van der Waals surface area contributed by atoms with Crippen LogP contribution in [0, 0.1) is 15.3 Å². The predicted octanol–water partition coefficient (Wildman–Crippen LogP) is 3.49. The summed E-state index contributed by atoms with van der Waals surface area (Å²) in [6, 6.07) is 8.64. The Morgan fingerprint density at radius 2 is 1.80 bits per heavy atom. The molecule has 41 heavy (non-hydrogen) atoms. The molecule has 2 fully saturated rings. The number of ether oxygens (including phenoxy) is 2. The maximum Gasteiger partial charge on any atom is 0.325 e. The van der Waals surface area contributed by atoms with Crippen molar-refractivity contribution in [1.82, 2.24) is 15.1 Å². The smallest absolute Gasteiger partial charge is 0.325 e. The van der Waals surface area contributed by atoms with Crippen LogP contribution in [0.1, 0.15) is 32.4 Å². The van der Waals surface area contributed by atoms with E-state index in [9.17, 15) is 18.8 Å². The number of aliphatic carboxylic acids is 1. The molecule has 2 aliphatic rings. The quantitative estimate of drug-likeness (QED) is 0.270. The normalized spacial score (nSPS) is 17.9. The van der Waals surface area contributed by atoms with E-state index in [0.29, 0.717) is 21.5 Å². The van der Waals surface area contributed by atoms with E-state index in [-0.39, 0.29) is 5.69 Å². The number of nitrogens with zero attached hydrogens (tertiary/aromatic N) is 2. The highest BCUT2D eigenvalue weighted by Crippen LogP contribution is 2.28. The minimum atomic E-state index is -1.11. The van der Waals surface area contributed by atoms with Crippen molar-refractivity contribution < 1.29 is 38.1 Å². The number of hydrogen-bond acceptors (Lipinski definition) is 7. The van der Waals surface area contributed by atoms with Gasteiger partial charge in [-0.05, 0) is 64.4 Å². The van der Waals surface area contributed by atoms with Crippen molar-refractivity contribution in [3.8, 4) is 5.75 Å². The highest BCUT2D eigenvalue weighted by molar-refractivity contribution is 14.1. The van der Waals surface area contributed by atoms with E-state index in [0.717, 1.165) is 44.7 Å². The Morgan fingerprint density at radius 3 is 2.39 bits per heavy atom. The lowest BCUT2D eigenvalue weighted by atomic mass is 10.0. The third kappa shape index (κ3) is 9.10. The number of halogens is 2. The summed E-state index contributed by atoms with van der Waals surface area (Å²) in [6.45, 7) is 9.09. The Kier molecular flexibility index (Phi) is 11.8. The zero-order valence-electron chi connectivity index (χ0n) is 23.1. The number of carbonyl (C=O) groups excluding carboxylic acids is 3. The number of hydrogen-bond donors (Lipinski definition) is 3. The van der Waals surface area contributed by atoms with E-state index in [2.05, 4.69) is 15.5 Å². The van der Waals surface area contributed by atoms with Crippen LogP contribution in [0.15, 0.2) is 42.5 Å². The molecular weight excluding hydrogens is 650 g/mol. The minimum Gasteiger partial charge on any atom is -0.492 e. The molecule has 2 heterocycles. The Hall–Kier alpha value is -3.30. The zero-order chi connectivity index (χ0) is 30.1. The number of benzene rings is 2. The first kappa shape index (κ1) is 32.2. The van der Waals surface area contributed by atoms with Gasteiger partial charge in [0.2, 0.25) is 5.91 Å². The van der Waals surface area contributed by atoms with Crippen LogP contribution in [0.25, 0.3) is 0 Å². The number of carboxylic acid groups (broad SMARTS) is 1. The number of anilines is 1. The van der Waals surface area contributed by atoms with E-state index in [1.165, 1.54) is 12.1 Å². The molecule has 2 aliphatic heterocycles. The predicted molar refractivity (Wildman–Crippen MR) is 157 cm³/mol. The molecule has 11 nitrogen and oxygen atoms in total. The van der Waals surface area contributed by atoms with Gasteiger partial charge in [-0.25, -0.2) is 14.1 Å². The molecule has 0 radical (unpaired) electrons. The number of amides is 4. The molecule has 3 N–H and O–H groups in total. The molecule has 222 valence electrons. The molecule has 2 saturated heterocycles. The van der Waals surface area contributed by atoms with Gasteiger partial charge in [-0.15, -0.1) is 0 Å². The number of morpholine rings is 1. The van der Waals surface area contributed by atoms with E-state index >= 15 is 0 Å². The second-order valence-electron chi connectivity index (χ2n) is 9.78. The summed E-state index contributed by atoms with van der Waals surface area (Å²) in [7, 11) is 0. The van der Waals surface area contributed by atoms with Gasteiger partial charge in [0.05, 0.1) is 18.9 Å². The number of carboxylic acids is 1. The minimum absolute atomic E-state index is 0.0103. The van der Waals surface area contributed by atoms with Crippen molar-refractivity contribution in [1.29, 1.82) is 0 Å². The average Bonchev–Trinajstić information content (AvgIpc) is 3.20. The van der Waals surface area contributed by atoms with Gasteiger partial charge < -0.3 is 25.2 Å². The fraction of sp³-hybridized carbons (Fsp3) is 0.429. The SMILES string of the molecule is CC(=O)O.CC(C)[C@@H](C(=O)Nc1ccc(I)cc1F)N1C(=O)N[C@H](c2ccc(OCCN3CCOCC3)cc2)C1=O. The highest BCUT2D eigenvalue weighted by Gasteiger charge is 2.46. The molecule has 4 amide bonds. The summed E-state index contributed by atoms with van der Waals surface area (Å²) in [5, 5.41) is 12.6. The van der Waals surface area contributed by atoms with Gasteiger partial charge in [0.25, 0.3) is 11.9 Å². The van der Waals surface area contributed by atoms with Crippen LogP contribution < -0.4 is 15.4 Å². The Labute approximate surface area is 251 Å². The monoisotopic (exact) mass is 684 g/mol. The first-order valence-corrected chi connectivity index (χ1v) is 14.2. The zero-order valence-corrected chi connectivity index (χ0v) is 25.2. The number of carbonyl (C=O) groups is 4. The molecule has 2 aromatic rings. The average molecular weight is 685 g/mol. The second kappa shape index (κ2) is 15.1. The number of rotatable bonds is 9. The van der Waals surface area contributed by atoms with Gasteiger partial charge >= 0.3 is 6.03 Å². The number of urea groups is 1. The molecule has 0 saturated carbocycles. The van der Waals surface area contributed by atoms with Gasteiger partial charge in [0.1, 0.15) is 30.3 Å². The van der Waals surface area contributed by atoms with Crippen molar-refractivity contribution in [3.05, 3.63) is 57.4 Å². The third-order valence-electron chi connectivity index (χ3n) is 6.33. The van der Waals surface area contributed by atoms with Crippen LogP contribution in [0.2, 0.25) is 0 Å². The summed E-state index contributed by atoms with van der Waals surface area (Å²) < 4.78 is 26.1. The first-order chi connectivity index (χ1) is 19.5. The van der Waals surface area contributed by atoms with Crippen molar-refractivity contribution in [2.24, 2.45) is 5.92 Å². The van der Waals surface area contributed by atoms with Crippen molar-refractivity contribution in [3.63, 3.8) is 0 Å². The third-order valence-corrected chi connectivity index (χ3v) is 7.00. The lowest BCUT2D eigenvalue weighted by Gasteiger charge is -2.27. The topological polar surface area (TPSA) is 138 Å². The molecule has 0 aliphatic carbocycles. The van der Waals surface area contributed by atoms with Crippen LogP contribution in [0.4, 0.5) is 14.9 Å². The lowest BCUT2D eigenvalue weighted by molar-refractivity contribution is -0.135. The molecular formula is C28H34FIN4O7. The van der Waals surface area contributed by atoms with E-state index in [1.807, 2.05) is 22.6 Å². The van der Waals surface area contributed by atoms with Gasteiger partial charge in [0, 0.05) is 30.1 Å². The summed E-state index contributed by atoms with van der Waals surface area (Å²) in [6.07, 6.45) is 0. The van der Waals surface area contributed by atoms with Crippen LogP contribution in [0.5, 0.6) is 5.75 Å². The Bertz CT molecular complexity index is 1230. The molecule has 13 heteroatoms. The van der Waals surface area contributed by atoms with Crippen LogP contribution in [-0.2, 0) is 19.1 Å². The summed E-state index contributed by atoms with van der Waals surface area (Å²) in [5.41, 5.74) is 0.567. The van der Waals surface area contributed by atoms with Crippen molar-refractivity contribution >= 4 is 52.1 Å². The largest absolute Gasteiger partial charge is 0.492 e. The Morgan fingerprint density at radius 1 is 1.17 bits per heavy atom. The van der Waals surface area contributed by atoms with Crippen molar-refractivity contribution in [2.45, 2.75) is 32.9 Å². The van der Waals surface area contributed by atoms with Crippen LogP contribution >= 0.6 is 22.6 Å². The highest BCUT2D eigenvalue weighted by atomic mass is 127. The molecule has 2 aromatic carbocycles. The van der Waals surface area contributed by atoms with Gasteiger partial charge in [-0.1, -0.05) is 26.0 Å². The number of imide groups is 1. The molecule has 4 rings (SSSR count). The fourth-order valence-electron chi connectivity index (χ4n) is 4.37. The molecule has 0 aromatic heterocycles. The van der Waals surface area contributed by atoms with E-state index in [1.54, 1.807) is 44.2 Å². The summed E-state index contributed by atoms with van der Waals surface area (Å²) in [4.78, 5) is 51.4. The fourth-order valence-corrected chi connectivity index (χ4v) is 4.83. The molecule has 0 unspecified atom stereocenters. The lowest BCUT2D eigenvalue weighted by Crippen LogP contribution is -2.50. The maximum atomic E-state index is 14.3. The Balaban J connectivity index is 0.00000108. The maximum absolute atomic E-state index is 14.3. The summed E-state index contributed by atoms with van der Waals surface area (Å²) >= 11 is 1.97. The van der Waals surface area contributed by atoms with E-state index < -0.39 is 47.6 Å². The first-order valence-electron chi connectivity index (χ1n) is 13.1. The molecule has 2 atom stereocenters. The van der Waals surface area contributed by atoms with Gasteiger partial charge in [-0.2, -0.15) is 0 Å². The molecule has 0 bridgehead atoms. The standard InChI is InChI=1S/C26H30FIN4O5.C2H4O2/c1-16(2)23(24(33)29-21-8-5-18(28)15-20(21)27)32-25(34)22(30-26(32)35)17-3-6-19(7-4-17)37-14-11-31-9-12-36-13-10-31;1-2(3)4/h3-8,15-16,22-23H,9-14H2,1-2H3,(H,29,33)(H,30,35);1H3,(H,3,4)/t22-,23+;/m1./s1. The molecule has 0 spiro atoms. The van der Waals surface area contributed by atoms with E-state index in [4.69, 9.17) is 19.4 Å². The van der Waals surface area contributed by atoms with Gasteiger partial charge in [-0.3, -0.25) is 19.3 Å². The number of nitrogens with one attached hydrogen (secondary N) is 2. The van der Waals surface area contributed by atoms with Gasteiger partial charge in [0.15, 0.2) is 0 Å². The van der Waals surface area contributed by atoms with Crippen LogP contribution in [-0.4, -0.2) is 84.2 Å². The second-order valence-corrected chi connectivity index (χ2v) is 11.0. The van der Waals surface area contributed by atoms with Crippen molar-refractivity contribution in [2.75, 3.05) is 44.8 Å². The summed E-state index contributed by atoms with van der Waals surface area (Å²) in [5.74, 6) is -2.34. The van der Waals surface area contributed by atoms with Crippen LogP contribution in [0.3, 0.4) is 0 Å².